The summed E-state index contributed by atoms with van der Waals surface area (Å²) in [5.41, 5.74) is 1.70. The van der Waals surface area contributed by atoms with E-state index in [1.54, 1.807) is 12.1 Å². The van der Waals surface area contributed by atoms with Crippen LogP contribution in [0.2, 0.25) is 5.02 Å². The maximum atomic E-state index is 12.1. The highest BCUT2D eigenvalue weighted by molar-refractivity contribution is 6.30. The number of ketones is 2. The lowest BCUT2D eigenvalue weighted by molar-refractivity contribution is -0.123. The number of nitrogens with zero attached hydrogens (tertiary/aromatic N) is 2. The van der Waals surface area contributed by atoms with E-state index in [1.807, 2.05) is 13.0 Å². The first-order chi connectivity index (χ1) is 11.1. The van der Waals surface area contributed by atoms with Crippen LogP contribution in [-0.2, 0) is 16.0 Å². The van der Waals surface area contributed by atoms with Gasteiger partial charge in [0.1, 0.15) is 23.2 Å². The zero-order valence-corrected chi connectivity index (χ0v) is 13.3. The molecule has 1 aromatic carbocycles. The summed E-state index contributed by atoms with van der Waals surface area (Å²) < 4.78 is 5.60. The highest BCUT2D eigenvalue weighted by atomic mass is 35.5. The van der Waals surface area contributed by atoms with Gasteiger partial charge in [-0.15, -0.1) is 0 Å². The van der Waals surface area contributed by atoms with Crippen LogP contribution in [-0.4, -0.2) is 21.5 Å². The van der Waals surface area contributed by atoms with Gasteiger partial charge >= 0.3 is 6.01 Å². The van der Waals surface area contributed by atoms with E-state index in [9.17, 15) is 9.59 Å². The van der Waals surface area contributed by atoms with Crippen LogP contribution < -0.4 is 4.74 Å². The van der Waals surface area contributed by atoms with Gasteiger partial charge in [-0.2, -0.15) is 0 Å². The fourth-order valence-electron chi connectivity index (χ4n) is 2.75. The van der Waals surface area contributed by atoms with E-state index in [0.29, 0.717) is 23.6 Å². The molecule has 0 unspecified atom stereocenters. The number of ether oxygens (including phenoxy) is 1. The summed E-state index contributed by atoms with van der Waals surface area (Å²) in [5, 5.41) is 0.418. The van der Waals surface area contributed by atoms with Crippen LogP contribution >= 0.6 is 11.6 Å². The third-order valence-electron chi connectivity index (χ3n) is 3.88. The van der Waals surface area contributed by atoms with Gasteiger partial charge < -0.3 is 4.74 Å². The Morgan fingerprint density at radius 3 is 2.43 bits per heavy atom. The van der Waals surface area contributed by atoms with E-state index >= 15 is 0 Å². The molecule has 0 atom stereocenters. The quantitative estimate of drug-likeness (QED) is 0.802. The topological polar surface area (TPSA) is 69.2 Å². The first kappa shape index (κ1) is 15.6. The maximum absolute atomic E-state index is 12.1. The lowest BCUT2D eigenvalue weighted by Gasteiger charge is -2.14. The summed E-state index contributed by atoms with van der Waals surface area (Å²) in [7, 11) is 0. The zero-order chi connectivity index (χ0) is 16.4. The van der Waals surface area contributed by atoms with E-state index in [4.69, 9.17) is 16.3 Å². The number of aromatic nitrogens is 2. The van der Waals surface area contributed by atoms with Crippen molar-refractivity contribution in [1.29, 1.82) is 0 Å². The molecule has 0 N–H and O–H groups in total. The van der Waals surface area contributed by atoms with Gasteiger partial charge in [0.2, 0.25) is 0 Å². The van der Waals surface area contributed by atoms with Crippen molar-refractivity contribution in [2.45, 2.75) is 32.1 Å². The van der Waals surface area contributed by atoms with Crippen LogP contribution in [0.5, 0.6) is 11.8 Å². The van der Waals surface area contributed by atoms with Crippen molar-refractivity contribution in [3.8, 4) is 11.8 Å². The van der Waals surface area contributed by atoms with Gasteiger partial charge in [0.25, 0.3) is 0 Å². The summed E-state index contributed by atoms with van der Waals surface area (Å²) in [5.74, 6) is -0.221. The van der Waals surface area contributed by atoms with E-state index in [0.717, 1.165) is 17.5 Å². The fourth-order valence-corrected chi connectivity index (χ4v) is 2.84. The molecule has 0 bridgehead atoms. The Balaban J connectivity index is 1.94. The molecule has 118 valence electrons. The molecule has 1 aromatic heterocycles. The number of aryl methyl sites for hydroxylation is 1. The molecule has 5 nitrogen and oxygen atoms in total. The molecular formula is C17H15ClN2O3. The summed E-state index contributed by atoms with van der Waals surface area (Å²) in [6, 6.07) is 5.56. The third kappa shape index (κ3) is 3.24. The predicted octanol–water partition coefficient (Wildman–Crippen LogP) is 3.50. The molecule has 1 heterocycles. The molecule has 1 aliphatic rings. The van der Waals surface area contributed by atoms with Gasteiger partial charge in [0.15, 0.2) is 0 Å². The van der Waals surface area contributed by atoms with E-state index in [1.165, 1.54) is 12.4 Å². The number of carbonyl (C=O) groups is 2. The second kappa shape index (κ2) is 6.46. The monoisotopic (exact) mass is 330 g/mol. The van der Waals surface area contributed by atoms with Crippen molar-refractivity contribution in [3.05, 3.63) is 46.7 Å². The fraction of sp³-hybridized carbons (Fsp3) is 0.294. The van der Waals surface area contributed by atoms with Crippen molar-refractivity contribution in [2.75, 3.05) is 0 Å². The van der Waals surface area contributed by atoms with Gasteiger partial charge in [-0.1, -0.05) is 24.6 Å². The van der Waals surface area contributed by atoms with Gasteiger partial charge in [-0.05, 0) is 29.7 Å². The number of halogens is 1. The van der Waals surface area contributed by atoms with Gasteiger partial charge in [-0.3, -0.25) is 9.59 Å². The van der Waals surface area contributed by atoms with E-state index < -0.39 is 5.92 Å². The number of carbonyl (C=O) groups excluding carboxylic acids is 2. The lowest BCUT2D eigenvalue weighted by Crippen LogP contribution is -2.14. The van der Waals surface area contributed by atoms with Crippen LogP contribution in [0.3, 0.4) is 0 Å². The molecule has 0 radical (unpaired) electrons. The molecular weight excluding hydrogens is 316 g/mol. The molecule has 1 saturated carbocycles. The SMILES string of the molecule is CCc1ccc(Oc2ncc(Cl)cn2)cc1C1C(=O)CCC1=O. The molecule has 1 fully saturated rings. The Hall–Kier alpha value is -2.27. The average Bonchev–Trinajstić information content (AvgIpc) is 2.88. The molecule has 3 rings (SSSR count). The van der Waals surface area contributed by atoms with E-state index in [2.05, 4.69) is 9.97 Å². The Kier molecular flexibility index (Phi) is 4.39. The number of hydrogen-bond acceptors (Lipinski definition) is 5. The second-order valence-electron chi connectivity index (χ2n) is 5.37. The molecule has 1 aliphatic carbocycles. The Morgan fingerprint density at radius 1 is 1.17 bits per heavy atom. The molecule has 0 aliphatic heterocycles. The Bertz CT molecular complexity index is 743. The van der Waals surface area contributed by atoms with Crippen molar-refractivity contribution < 1.29 is 14.3 Å². The minimum atomic E-state index is -0.667. The first-order valence-electron chi connectivity index (χ1n) is 7.42. The average molecular weight is 331 g/mol. The third-order valence-corrected chi connectivity index (χ3v) is 4.07. The number of hydrogen-bond donors (Lipinski definition) is 0. The molecule has 6 heteroatoms. The van der Waals surface area contributed by atoms with Crippen LogP contribution in [0.1, 0.15) is 36.8 Å². The predicted molar refractivity (Wildman–Crippen MR) is 84.9 cm³/mol. The van der Waals surface area contributed by atoms with Crippen molar-refractivity contribution >= 4 is 23.2 Å². The van der Waals surface area contributed by atoms with Gasteiger partial charge in [-0.25, -0.2) is 9.97 Å². The number of Topliss-reactive ketones (excluding diaryl/α,β-unsaturated/α-hetero) is 2. The summed E-state index contributed by atoms with van der Waals surface area (Å²) in [6.07, 6.45) is 4.25. The van der Waals surface area contributed by atoms with Crippen LogP contribution in [0.4, 0.5) is 0 Å². The Labute approximate surface area is 138 Å². The zero-order valence-electron chi connectivity index (χ0n) is 12.6. The molecule has 0 saturated heterocycles. The summed E-state index contributed by atoms with van der Waals surface area (Å²) in [4.78, 5) is 32.1. The molecule has 23 heavy (non-hydrogen) atoms. The lowest BCUT2D eigenvalue weighted by atomic mass is 9.90. The smallest absolute Gasteiger partial charge is 0.321 e. The van der Waals surface area contributed by atoms with Crippen LogP contribution in [0.25, 0.3) is 0 Å². The minimum absolute atomic E-state index is 0.0235. The normalized spacial score (nSPS) is 15.2. The van der Waals surface area contributed by atoms with Crippen molar-refractivity contribution in [1.82, 2.24) is 9.97 Å². The number of benzene rings is 1. The molecule has 0 amide bonds. The Morgan fingerprint density at radius 2 is 1.83 bits per heavy atom. The maximum Gasteiger partial charge on any atom is 0.321 e. The highest BCUT2D eigenvalue weighted by Crippen LogP contribution is 2.34. The van der Waals surface area contributed by atoms with Crippen molar-refractivity contribution in [3.63, 3.8) is 0 Å². The first-order valence-corrected chi connectivity index (χ1v) is 7.80. The standard InChI is InChI=1S/C17H15ClN2O3/c1-2-10-3-4-12(23-17-19-8-11(18)9-20-17)7-13(10)16-14(21)5-6-15(16)22/h3-4,7-9,16H,2,5-6H2,1H3. The molecule has 2 aromatic rings. The second-order valence-corrected chi connectivity index (χ2v) is 5.80. The summed E-state index contributed by atoms with van der Waals surface area (Å²) >= 11 is 5.74. The summed E-state index contributed by atoms with van der Waals surface area (Å²) in [6.45, 7) is 1.99. The minimum Gasteiger partial charge on any atom is -0.424 e. The van der Waals surface area contributed by atoms with Crippen molar-refractivity contribution in [2.24, 2.45) is 0 Å². The van der Waals surface area contributed by atoms with Gasteiger partial charge in [0, 0.05) is 12.8 Å². The largest absolute Gasteiger partial charge is 0.424 e. The van der Waals surface area contributed by atoms with Gasteiger partial charge in [0.05, 0.1) is 17.4 Å². The van der Waals surface area contributed by atoms with Crippen LogP contribution in [0.15, 0.2) is 30.6 Å². The molecule has 0 spiro atoms. The number of rotatable bonds is 4. The van der Waals surface area contributed by atoms with E-state index in [-0.39, 0.29) is 17.6 Å². The van der Waals surface area contributed by atoms with Crippen LogP contribution in [0, 0.1) is 0 Å². The highest BCUT2D eigenvalue weighted by Gasteiger charge is 2.35.